The second-order valence-electron chi connectivity index (χ2n) is 3.48. The van der Waals surface area contributed by atoms with Crippen LogP contribution >= 0.6 is 0 Å². The van der Waals surface area contributed by atoms with E-state index in [1.54, 1.807) is 0 Å². The highest BCUT2D eigenvalue weighted by Crippen LogP contribution is 2.15. The average Bonchev–Trinajstić information content (AvgIpc) is 2.78. The molecule has 0 aliphatic rings. The van der Waals surface area contributed by atoms with Gasteiger partial charge in [0.15, 0.2) is 5.82 Å². The molecule has 2 rings (SSSR count). The Morgan fingerprint density at radius 1 is 1.28 bits per heavy atom. The molecule has 0 atom stereocenters. The van der Waals surface area contributed by atoms with Crippen molar-refractivity contribution >= 4 is 17.6 Å². The number of primary amides is 1. The highest BCUT2D eigenvalue weighted by atomic mass is 16.4. The number of nitrogen functional groups attached to an aromatic ring is 1. The molecule has 0 spiro atoms. The molecule has 0 aromatic carbocycles. The maximum Gasteiger partial charge on any atom is 0.337 e. The molecule has 0 radical (unpaired) electrons. The fraction of sp³-hybridized carbons (Fsp3) is 0. The number of anilines is 1. The number of nitrogens with two attached hydrogens (primary N) is 2. The quantitative estimate of drug-likeness (QED) is 0.677. The summed E-state index contributed by atoms with van der Waals surface area (Å²) in [4.78, 5) is 25.5. The third-order valence-electron chi connectivity index (χ3n) is 2.23. The molecule has 2 aromatic rings. The molecule has 18 heavy (non-hydrogen) atoms. The minimum Gasteiger partial charge on any atom is -0.478 e. The first kappa shape index (κ1) is 11.6. The third kappa shape index (κ3) is 1.98. The number of carbonyl (C=O) groups excluding carboxylic acids is 1. The van der Waals surface area contributed by atoms with E-state index >= 15 is 0 Å². The molecule has 0 unspecified atom stereocenters. The van der Waals surface area contributed by atoms with Crippen molar-refractivity contribution in [3.63, 3.8) is 0 Å². The molecular formula is C10H9N5O3. The molecule has 0 bridgehead atoms. The Hall–Kier alpha value is -2.90. The van der Waals surface area contributed by atoms with Gasteiger partial charge in [-0.05, 0) is 6.07 Å². The SMILES string of the molecule is NC(=O)c1cnn(-c2ncc(C(=O)O)cc2N)c1. The molecule has 2 aromatic heterocycles. The minimum atomic E-state index is -1.13. The van der Waals surface area contributed by atoms with E-state index in [0.29, 0.717) is 0 Å². The summed E-state index contributed by atoms with van der Waals surface area (Å²) in [7, 11) is 0. The number of aromatic carboxylic acids is 1. The molecule has 1 amide bonds. The Morgan fingerprint density at radius 2 is 2.00 bits per heavy atom. The summed E-state index contributed by atoms with van der Waals surface area (Å²) in [6.07, 6.45) is 3.79. The van der Waals surface area contributed by atoms with E-state index in [1.807, 2.05) is 0 Å². The van der Waals surface area contributed by atoms with Gasteiger partial charge in [-0.1, -0.05) is 0 Å². The average molecular weight is 247 g/mol. The van der Waals surface area contributed by atoms with Gasteiger partial charge in [0.25, 0.3) is 5.91 Å². The lowest BCUT2D eigenvalue weighted by molar-refractivity contribution is 0.0696. The van der Waals surface area contributed by atoms with Gasteiger partial charge in [-0.25, -0.2) is 14.5 Å². The van der Waals surface area contributed by atoms with E-state index in [-0.39, 0.29) is 22.6 Å². The first-order chi connectivity index (χ1) is 8.49. The largest absolute Gasteiger partial charge is 0.478 e. The lowest BCUT2D eigenvalue weighted by atomic mass is 10.2. The van der Waals surface area contributed by atoms with Gasteiger partial charge in [-0.3, -0.25) is 4.79 Å². The zero-order chi connectivity index (χ0) is 13.3. The van der Waals surface area contributed by atoms with Crippen molar-refractivity contribution in [3.8, 4) is 5.82 Å². The fourth-order valence-corrected chi connectivity index (χ4v) is 1.35. The van der Waals surface area contributed by atoms with Crippen LogP contribution in [-0.4, -0.2) is 31.7 Å². The number of amides is 1. The van der Waals surface area contributed by atoms with E-state index in [4.69, 9.17) is 16.6 Å². The first-order valence-corrected chi connectivity index (χ1v) is 4.82. The second kappa shape index (κ2) is 4.17. The van der Waals surface area contributed by atoms with Gasteiger partial charge in [0, 0.05) is 12.4 Å². The normalized spacial score (nSPS) is 10.2. The van der Waals surface area contributed by atoms with Crippen LogP contribution in [0.2, 0.25) is 0 Å². The summed E-state index contributed by atoms with van der Waals surface area (Å²) in [5.74, 6) is -1.52. The Labute approximate surface area is 101 Å². The van der Waals surface area contributed by atoms with Crippen molar-refractivity contribution in [3.05, 3.63) is 35.8 Å². The number of carboxylic acid groups (broad SMARTS) is 1. The molecule has 2 heterocycles. The molecule has 0 aliphatic heterocycles. The van der Waals surface area contributed by atoms with Gasteiger partial charge in [0.05, 0.1) is 23.0 Å². The number of carbonyl (C=O) groups is 2. The number of hydrogen-bond acceptors (Lipinski definition) is 5. The summed E-state index contributed by atoms with van der Waals surface area (Å²) < 4.78 is 1.25. The van der Waals surface area contributed by atoms with Crippen molar-refractivity contribution in [1.29, 1.82) is 0 Å². The van der Waals surface area contributed by atoms with Gasteiger partial charge >= 0.3 is 5.97 Å². The topological polar surface area (TPSA) is 137 Å². The van der Waals surface area contributed by atoms with E-state index in [0.717, 1.165) is 6.20 Å². The van der Waals surface area contributed by atoms with E-state index in [2.05, 4.69) is 10.1 Å². The zero-order valence-electron chi connectivity index (χ0n) is 9.07. The van der Waals surface area contributed by atoms with Crippen LogP contribution in [0.15, 0.2) is 24.7 Å². The highest BCUT2D eigenvalue weighted by molar-refractivity contribution is 5.92. The van der Waals surface area contributed by atoms with Crippen molar-refractivity contribution < 1.29 is 14.7 Å². The molecule has 0 aliphatic carbocycles. The van der Waals surface area contributed by atoms with Crippen LogP contribution in [0.5, 0.6) is 0 Å². The van der Waals surface area contributed by atoms with Crippen LogP contribution in [0.1, 0.15) is 20.7 Å². The van der Waals surface area contributed by atoms with Crippen molar-refractivity contribution in [2.24, 2.45) is 5.73 Å². The van der Waals surface area contributed by atoms with Gasteiger partial charge in [-0.2, -0.15) is 5.10 Å². The zero-order valence-corrected chi connectivity index (χ0v) is 9.07. The Balaban J connectivity index is 2.44. The van der Waals surface area contributed by atoms with Crippen LogP contribution in [0.25, 0.3) is 5.82 Å². The minimum absolute atomic E-state index is 0.0291. The predicted molar refractivity (Wildman–Crippen MR) is 61.2 cm³/mol. The summed E-state index contributed by atoms with van der Waals surface area (Å²) in [5.41, 5.74) is 11.1. The Bertz CT molecular complexity index is 634. The lowest BCUT2D eigenvalue weighted by Crippen LogP contribution is -2.10. The highest BCUT2D eigenvalue weighted by Gasteiger charge is 2.11. The predicted octanol–water partition coefficient (Wildman–Crippen LogP) is -0.353. The molecule has 0 saturated carbocycles. The van der Waals surface area contributed by atoms with Crippen molar-refractivity contribution in [1.82, 2.24) is 14.8 Å². The number of nitrogens with zero attached hydrogens (tertiary/aromatic N) is 3. The first-order valence-electron chi connectivity index (χ1n) is 4.82. The molecular weight excluding hydrogens is 238 g/mol. The summed E-state index contributed by atoms with van der Waals surface area (Å²) in [5, 5.41) is 12.6. The maximum absolute atomic E-state index is 10.9. The summed E-state index contributed by atoms with van der Waals surface area (Å²) in [6.45, 7) is 0. The number of rotatable bonds is 3. The lowest BCUT2D eigenvalue weighted by Gasteiger charge is -2.04. The Kier molecular flexibility index (Phi) is 2.68. The molecule has 8 heteroatoms. The van der Waals surface area contributed by atoms with Crippen LogP contribution in [-0.2, 0) is 0 Å². The number of carboxylic acids is 1. The monoisotopic (exact) mass is 247 g/mol. The van der Waals surface area contributed by atoms with Gasteiger partial charge < -0.3 is 16.6 Å². The second-order valence-corrected chi connectivity index (χ2v) is 3.48. The summed E-state index contributed by atoms with van der Waals surface area (Å²) >= 11 is 0. The molecule has 92 valence electrons. The number of hydrogen-bond donors (Lipinski definition) is 3. The van der Waals surface area contributed by atoms with Crippen molar-refractivity contribution in [2.45, 2.75) is 0 Å². The molecule has 0 saturated heterocycles. The van der Waals surface area contributed by atoms with E-state index in [1.165, 1.54) is 23.1 Å². The standard InChI is InChI=1S/C10H9N5O3/c11-7-1-5(10(17)18)2-13-9(7)15-4-6(3-14-15)8(12)16/h1-4H,11H2,(H2,12,16)(H,17,18). The number of pyridine rings is 1. The molecule has 5 N–H and O–H groups in total. The molecule has 8 nitrogen and oxygen atoms in total. The van der Waals surface area contributed by atoms with Gasteiger partial charge in [0.2, 0.25) is 0 Å². The van der Waals surface area contributed by atoms with Gasteiger partial charge in [-0.15, -0.1) is 0 Å². The van der Waals surface area contributed by atoms with Crippen LogP contribution < -0.4 is 11.5 Å². The van der Waals surface area contributed by atoms with Crippen LogP contribution in [0.4, 0.5) is 5.69 Å². The Morgan fingerprint density at radius 3 is 2.50 bits per heavy atom. The molecule has 0 fully saturated rings. The maximum atomic E-state index is 10.9. The fourth-order valence-electron chi connectivity index (χ4n) is 1.35. The van der Waals surface area contributed by atoms with Gasteiger partial charge in [0.1, 0.15) is 0 Å². The third-order valence-corrected chi connectivity index (χ3v) is 2.23. The van der Waals surface area contributed by atoms with E-state index < -0.39 is 11.9 Å². The summed E-state index contributed by atoms with van der Waals surface area (Å²) in [6, 6.07) is 1.26. The van der Waals surface area contributed by atoms with Crippen LogP contribution in [0, 0.1) is 0 Å². The smallest absolute Gasteiger partial charge is 0.337 e. The van der Waals surface area contributed by atoms with Crippen LogP contribution in [0.3, 0.4) is 0 Å². The van der Waals surface area contributed by atoms with E-state index in [9.17, 15) is 9.59 Å². The van der Waals surface area contributed by atoms with Crippen molar-refractivity contribution in [2.75, 3.05) is 5.73 Å². The number of aromatic nitrogens is 3.